The number of hydrogen-bond donors (Lipinski definition) is 1. The number of anilines is 1. The highest BCUT2D eigenvalue weighted by atomic mass is 35.5. The fourth-order valence-electron chi connectivity index (χ4n) is 2.29. The molecule has 3 rings (SSSR count). The van der Waals surface area contributed by atoms with Gasteiger partial charge in [0, 0.05) is 10.6 Å². The van der Waals surface area contributed by atoms with E-state index in [1.165, 1.54) is 0 Å². The van der Waals surface area contributed by atoms with Crippen LogP contribution in [0, 0.1) is 0 Å². The first-order chi connectivity index (χ1) is 12.2. The van der Waals surface area contributed by atoms with Crippen LogP contribution >= 0.6 is 11.6 Å². The lowest BCUT2D eigenvalue weighted by molar-refractivity contribution is 0.317. The van der Waals surface area contributed by atoms with Gasteiger partial charge in [0.25, 0.3) is 0 Å². The zero-order valence-corrected chi connectivity index (χ0v) is 14.6. The second-order valence-electron chi connectivity index (χ2n) is 5.48. The minimum absolute atomic E-state index is 0.323. The highest BCUT2D eigenvalue weighted by molar-refractivity contribution is 6.30. The van der Waals surface area contributed by atoms with Gasteiger partial charge in [0.1, 0.15) is 5.75 Å². The van der Waals surface area contributed by atoms with Crippen LogP contribution in [0.3, 0.4) is 0 Å². The summed E-state index contributed by atoms with van der Waals surface area (Å²) < 4.78 is 7.18. The van der Waals surface area contributed by atoms with Crippen LogP contribution in [0.1, 0.15) is 18.9 Å². The molecular weight excluding hydrogens is 336 g/mol. The third kappa shape index (κ3) is 4.19. The molecule has 1 aromatic heterocycles. The molecule has 5 nitrogen and oxygen atoms in total. The highest BCUT2D eigenvalue weighted by Gasteiger charge is 2.08. The Morgan fingerprint density at radius 3 is 2.56 bits per heavy atom. The van der Waals surface area contributed by atoms with Crippen molar-refractivity contribution < 1.29 is 4.74 Å². The normalized spacial score (nSPS) is 11.1. The molecule has 6 heteroatoms. The van der Waals surface area contributed by atoms with Crippen LogP contribution in [-0.2, 0) is 0 Å². The van der Waals surface area contributed by atoms with E-state index in [1.54, 1.807) is 17.1 Å². The summed E-state index contributed by atoms with van der Waals surface area (Å²) in [6.45, 7) is 2.79. The van der Waals surface area contributed by atoms with Crippen molar-refractivity contribution in [2.45, 2.75) is 13.3 Å². The fraction of sp³-hybridized carbons (Fsp3) is 0.158. The largest absolute Gasteiger partial charge is 0.494 e. The van der Waals surface area contributed by atoms with Gasteiger partial charge >= 0.3 is 0 Å². The van der Waals surface area contributed by atoms with Crippen molar-refractivity contribution in [1.82, 2.24) is 9.66 Å². The number of nitrogens with zero attached hydrogens (tertiary/aromatic N) is 3. The van der Waals surface area contributed by atoms with Gasteiger partial charge in [0.05, 0.1) is 24.7 Å². The fourth-order valence-corrected chi connectivity index (χ4v) is 2.42. The Labute approximate surface area is 151 Å². The number of benzene rings is 2. The van der Waals surface area contributed by atoms with Crippen molar-refractivity contribution in [3.05, 3.63) is 65.3 Å². The number of nitrogen functional groups attached to an aromatic ring is 1. The summed E-state index contributed by atoms with van der Waals surface area (Å²) >= 11 is 5.94. The highest BCUT2D eigenvalue weighted by Crippen LogP contribution is 2.23. The number of aromatic nitrogens is 2. The lowest BCUT2D eigenvalue weighted by Crippen LogP contribution is -2.00. The molecular formula is C19H19ClN4O. The van der Waals surface area contributed by atoms with E-state index < -0.39 is 0 Å². The number of rotatable bonds is 6. The van der Waals surface area contributed by atoms with E-state index >= 15 is 0 Å². The van der Waals surface area contributed by atoms with Gasteiger partial charge in [-0.25, -0.2) is 4.98 Å². The average molecular weight is 355 g/mol. The van der Waals surface area contributed by atoms with Gasteiger partial charge in [-0.1, -0.05) is 30.7 Å². The molecule has 0 saturated carbocycles. The van der Waals surface area contributed by atoms with E-state index in [1.807, 2.05) is 48.5 Å². The number of nitrogens with two attached hydrogens (primary N) is 1. The second kappa shape index (κ2) is 7.85. The molecule has 0 amide bonds. The van der Waals surface area contributed by atoms with Crippen LogP contribution < -0.4 is 10.5 Å². The van der Waals surface area contributed by atoms with Crippen molar-refractivity contribution in [1.29, 1.82) is 0 Å². The van der Waals surface area contributed by atoms with Crippen LogP contribution in [-0.4, -0.2) is 22.5 Å². The number of hydrogen-bond acceptors (Lipinski definition) is 4. The van der Waals surface area contributed by atoms with Gasteiger partial charge < -0.3 is 10.5 Å². The summed E-state index contributed by atoms with van der Waals surface area (Å²) in [7, 11) is 0. The molecule has 128 valence electrons. The molecule has 0 atom stereocenters. The van der Waals surface area contributed by atoms with Crippen molar-refractivity contribution in [2.24, 2.45) is 5.10 Å². The smallest absolute Gasteiger partial charge is 0.221 e. The molecule has 3 aromatic rings. The third-order valence-electron chi connectivity index (χ3n) is 3.58. The average Bonchev–Trinajstić information content (AvgIpc) is 3.00. The maximum absolute atomic E-state index is 5.94. The van der Waals surface area contributed by atoms with Crippen LogP contribution in [0.4, 0.5) is 5.95 Å². The SMILES string of the molecule is CCCOc1ccc(C=Nn2c(-c3ccc(Cl)cc3)cnc2N)cc1. The Hall–Kier alpha value is -2.79. The minimum atomic E-state index is 0.323. The van der Waals surface area contributed by atoms with E-state index in [0.717, 1.165) is 29.0 Å². The zero-order valence-electron chi connectivity index (χ0n) is 13.9. The molecule has 2 aromatic carbocycles. The lowest BCUT2D eigenvalue weighted by Gasteiger charge is -2.05. The molecule has 0 saturated heterocycles. The third-order valence-corrected chi connectivity index (χ3v) is 3.83. The summed E-state index contributed by atoms with van der Waals surface area (Å²) in [5, 5.41) is 5.13. The molecule has 25 heavy (non-hydrogen) atoms. The second-order valence-corrected chi connectivity index (χ2v) is 5.92. The maximum Gasteiger partial charge on any atom is 0.221 e. The Bertz CT molecular complexity index is 854. The van der Waals surface area contributed by atoms with Gasteiger partial charge in [-0.3, -0.25) is 0 Å². The molecule has 0 aliphatic heterocycles. The topological polar surface area (TPSA) is 65.4 Å². The zero-order chi connectivity index (χ0) is 17.6. The predicted molar refractivity (Wildman–Crippen MR) is 102 cm³/mol. The molecule has 0 unspecified atom stereocenters. The molecule has 0 aliphatic carbocycles. The van der Waals surface area contributed by atoms with E-state index in [0.29, 0.717) is 17.6 Å². The van der Waals surface area contributed by atoms with Crippen LogP contribution in [0.15, 0.2) is 59.8 Å². The van der Waals surface area contributed by atoms with Crippen LogP contribution in [0.2, 0.25) is 5.02 Å². The molecule has 1 heterocycles. The number of imidazole rings is 1. The number of halogens is 1. The first kappa shape index (κ1) is 17.0. The molecule has 0 spiro atoms. The first-order valence-corrected chi connectivity index (χ1v) is 8.41. The molecule has 0 fully saturated rings. The summed E-state index contributed by atoms with van der Waals surface area (Å²) in [5.41, 5.74) is 8.63. The summed E-state index contributed by atoms with van der Waals surface area (Å²) in [4.78, 5) is 4.15. The lowest BCUT2D eigenvalue weighted by atomic mass is 10.2. The number of ether oxygens (including phenoxy) is 1. The summed E-state index contributed by atoms with van der Waals surface area (Å²) in [5.74, 6) is 1.17. The summed E-state index contributed by atoms with van der Waals surface area (Å²) in [6.07, 6.45) is 4.41. The Kier molecular flexibility index (Phi) is 5.36. The molecule has 2 N–H and O–H groups in total. The van der Waals surface area contributed by atoms with E-state index in [9.17, 15) is 0 Å². The quantitative estimate of drug-likeness (QED) is 0.665. The standard InChI is InChI=1S/C19H19ClN4O/c1-2-11-25-17-9-3-14(4-10-17)12-23-24-18(13-22-19(24)21)15-5-7-16(20)8-6-15/h3-10,12-13H,2,11H2,1H3,(H2,21,22). The minimum Gasteiger partial charge on any atom is -0.494 e. The van der Waals surface area contributed by atoms with Crippen LogP contribution in [0.25, 0.3) is 11.3 Å². The van der Waals surface area contributed by atoms with Crippen molar-refractivity contribution in [3.8, 4) is 17.0 Å². The molecule has 0 bridgehead atoms. The van der Waals surface area contributed by atoms with Crippen molar-refractivity contribution in [3.63, 3.8) is 0 Å². The Balaban J connectivity index is 1.82. The van der Waals surface area contributed by atoms with Gasteiger partial charge in [0.15, 0.2) is 0 Å². The van der Waals surface area contributed by atoms with Gasteiger partial charge in [0.2, 0.25) is 5.95 Å². The van der Waals surface area contributed by atoms with Gasteiger partial charge in [-0.15, -0.1) is 0 Å². The predicted octanol–water partition coefficient (Wildman–Crippen LogP) is 4.46. The molecule has 0 radical (unpaired) electrons. The first-order valence-electron chi connectivity index (χ1n) is 8.03. The molecule has 0 aliphatic rings. The van der Waals surface area contributed by atoms with Crippen molar-refractivity contribution >= 4 is 23.8 Å². The Morgan fingerprint density at radius 2 is 1.88 bits per heavy atom. The van der Waals surface area contributed by atoms with Gasteiger partial charge in [-0.05, 0) is 48.4 Å². The Morgan fingerprint density at radius 1 is 1.16 bits per heavy atom. The van der Waals surface area contributed by atoms with Crippen molar-refractivity contribution in [2.75, 3.05) is 12.3 Å². The maximum atomic E-state index is 5.94. The van der Waals surface area contributed by atoms with Gasteiger partial charge in [-0.2, -0.15) is 9.78 Å². The summed E-state index contributed by atoms with van der Waals surface area (Å²) in [6, 6.07) is 15.2. The van der Waals surface area contributed by atoms with Crippen LogP contribution in [0.5, 0.6) is 5.75 Å². The monoisotopic (exact) mass is 354 g/mol. The van der Waals surface area contributed by atoms with E-state index in [4.69, 9.17) is 22.1 Å². The van der Waals surface area contributed by atoms with E-state index in [2.05, 4.69) is 17.0 Å². The van der Waals surface area contributed by atoms with E-state index in [-0.39, 0.29) is 0 Å².